The standard InChI is InChI=1S/C21H23N3O/c1-24-17(11-15-5-3-4-6-21(15)24)14-22-10-9-16-13-23-20-8-7-18(25-2)12-19(16)20/h3-8,11-13,22-23H,9-10,14H2,1-2H3. The number of aryl methyl sites for hydroxylation is 1. The van der Waals surface area contributed by atoms with Crippen molar-refractivity contribution in [2.45, 2.75) is 13.0 Å². The molecule has 0 saturated carbocycles. The molecule has 25 heavy (non-hydrogen) atoms. The molecule has 2 aromatic carbocycles. The van der Waals surface area contributed by atoms with E-state index in [-0.39, 0.29) is 0 Å². The highest BCUT2D eigenvalue weighted by Gasteiger charge is 2.07. The van der Waals surface area contributed by atoms with Gasteiger partial charge in [0.1, 0.15) is 5.75 Å². The Morgan fingerprint density at radius 3 is 2.84 bits per heavy atom. The van der Waals surface area contributed by atoms with E-state index in [0.717, 1.165) is 30.8 Å². The molecule has 2 heterocycles. The summed E-state index contributed by atoms with van der Waals surface area (Å²) < 4.78 is 7.60. The number of para-hydroxylation sites is 1. The minimum atomic E-state index is 0.872. The van der Waals surface area contributed by atoms with Crippen molar-refractivity contribution in [2.75, 3.05) is 13.7 Å². The number of methoxy groups -OCH3 is 1. The van der Waals surface area contributed by atoms with E-state index in [1.54, 1.807) is 7.11 Å². The van der Waals surface area contributed by atoms with E-state index in [2.05, 4.69) is 70.6 Å². The number of hydrogen-bond donors (Lipinski definition) is 2. The van der Waals surface area contributed by atoms with E-state index in [1.165, 1.54) is 27.5 Å². The van der Waals surface area contributed by atoms with E-state index in [9.17, 15) is 0 Å². The van der Waals surface area contributed by atoms with Gasteiger partial charge in [0.25, 0.3) is 0 Å². The van der Waals surface area contributed by atoms with Gasteiger partial charge in [-0.2, -0.15) is 0 Å². The molecule has 2 N–H and O–H groups in total. The van der Waals surface area contributed by atoms with Crippen molar-refractivity contribution < 1.29 is 4.74 Å². The summed E-state index contributed by atoms with van der Waals surface area (Å²) in [5, 5.41) is 6.11. The van der Waals surface area contributed by atoms with Crippen LogP contribution >= 0.6 is 0 Å². The molecule has 128 valence electrons. The van der Waals surface area contributed by atoms with E-state index in [0.29, 0.717) is 0 Å². The number of aromatic amines is 1. The highest BCUT2D eigenvalue weighted by atomic mass is 16.5. The SMILES string of the molecule is COc1ccc2[nH]cc(CCNCc3cc4ccccc4n3C)c2c1. The van der Waals surface area contributed by atoms with Crippen LogP contribution in [0.1, 0.15) is 11.3 Å². The van der Waals surface area contributed by atoms with Crippen LogP contribution in [0, 0.1) is 0 Å². The third-order valence-corrected chi connectivity index (χ3v) is 4.90. The zero-order chi connectivity index (χ0) is 17.2. The Morgan fingerprint density at radius 2 is 2.00 bits per heavy atom. The van der Waals surface area contributed by atoms with Crippen LogP contribution in [0.25, 0.3) is 21.8 Å². The first kappa shape index (κ1) is 15.8. The van der Waals surface area contributed by atoms with Crippen molar-refractivity contribution >= 4 is 21.8 Å². The van der Waals surface area contributed by atoms with Crippen LogP contribution in [0.15, 0.2) is 54.7 Å². The quantitative estimate of drug-likeness (QED) is 0.524. The van der Waals surface area contributed by atoms with Gasteiger partial charge in [-0.3, -0.25) is 0 Å². The zero-order valence-corrected chi connectivity index (χ0v) is 14.7. The molecule has 0 unspecified atom stereocenters. The number of rotatable bonds is 6. The molecule has 0 radical (unpaired) electrons. The van der Waals surface area contributed by atoms with E-state index in [1.807, 2.05) is 6.07 Å². The Balaban J connectivity index is 1.41. The Hall–Kier alpha value is -2.72. The first-order chi connectivity index (χ1) is 12.3. The molecule has 2 aromatic heterocycles. The predicted molar refractivity (Wildman–Crippen MR) is 103 cm³/mol. The predicted octanol–water partition coefficient (Wildman–Crippen LogP) is 4.00. The molecule has 0 aliphatic rings. The molecule has 0 aliphatic carbocycles. The second-order valence-corrected chi connectivity index (χ2v) is 6.41. The monoisotopic (exact) mass is 333 g/mol. The molecule has 4 aromatic rings. The minimum absolute atomic E-state index is 0.872. The van der Waals surface area contributed by atoms with Gasteiger partial charge in [-0.1, -0.05) is 18.2 Å². The lowest BCUT2D eigenvalue weighted by atomic mass is 10.1. The number of fused-ring (bicyclic) bond motifs is 2. The molecule has 0 saturated heterocycles. The van der Waals surface area contributed by atoms with E-state index >= 15 is 0 Å². The molecule has 0 aliphatic heterocycles. The summed E-state index contributed by atoms with van der Waals surface area (Å²) in [6.07, 6.45) is 3.08. The molecule has 4 rings (SSSR count). The van der Waals surface area contributed by atoms with Crippen LogP contribution in [-0.2, 0) is 20.0 Å². The van der Waals surface area contributed by atoms with Crippen LogP contribution in [0.4, 0.5) is 0 Å². The normalized spacial score (nSPS) is 11.4. The van der Waals surface area contributed by atoms with Gasteiger partial charge in [0.2, 0.25) is 0 Å². The van der Waals surface area contributed by atoms with E-state index in [4.69, 9.17) is 4.74 Å². The Labute approximate surface area is 147 Å². The van der Waals surface area contributed by atoms with Crippen LogP contribution in [0.2, 0.25) is 0 Å². The summed E-state index contributed by atoms with van der Waals surface area (Å²) in [5.41, 5.74) is 5.06. The largest absolute Gasteiger partial charge is 0.497 e. The molecule has 0 amide bonds. The molecule has 4 heteroatoms. The van der Waals surface area contributed by atoms with Gasteiger partial charge in [0.05, 0.1) is 7.11 Å². The number of benzene rings is 2. The van der Waals surface area contributed by atoms with Gasteiger partial charge in [-0.25, -0.2) is 0 Å². The fourth-order valence-electron chi connectivity index (χ4n) is 3.45. The van der Waals surface area contributed by atoms with E-state index < -0.39 is 0 Å². The highest BCUT2D eigenvalue weighted by Crippen LogP contribution is 2.24. The van der Waals surface area contributed by atoms with Crippen LogP contribution in [-0.4, -0.2) is 23.2 Å². The van der Waals surface area contributed by atoms with Crippen LogP contribution in [0.5, 0.6) is 5.75 Å². The van der Waals surface area contributed by atoms with Crippen molar-refractivity contribution in [1.82, 2.24) is 14.9 Å². The molecule has 0 fully saturated rings. The lowest BCUT2D eigenvalue weighted by Gasteiger charge is -2.07. The maximum Gasteiger partial charge on any atom is 0.119 e. The highest BCUT2D eigenvalue weighted by molar-refractivity contribution is 5.84. The van der Waals surface area contributed by atoms with Gasteiger partial charge >= 0.3 is 0 Å². The Bertz CT molecular complexity index is 1010. The number of nitrogens with one attached hydrogen (secondary N) is 2. The van der Waals surface area contributed by atoms with Crippen molar-refractivity contribution in [3.63, 3.8) is 0 Å². The summed E-state index contributed by atoms with van der Waals surface area (Å²) in [5.74, 6) is 0.900. The third kappa shape index (κ3) is 3.01. The lowest BCUT2D eigenvalue weighted by Crippen LogP contribution is -2.18. The average Bonchev–Trinajstić information content (AvgIpc) is 3.20. The van der Waals surface area contributed by atoms with Crippen molar-refractivity contribution in [2.24, 2.45) is 7.05 Å². The molecular formula is C21H23N3O. The summed E-state index contributed by atoms with van der Waals surface area (Å²) in [6, 6.07) is 16.9. The fourth-order valence-corrected chi connectivity index (χ4v) is 3.45. The second-order valence-electron chi connectivity index (χ2n) is 6.41. The zero-order valence-electron chi connectivity index (χ0n) is 14.7. The first-order valence-electron chi connectivity index (χ1n) is 8.64. The number of H-pyrrole nitrogens is 1. The maximum atomic E-state index is 5.34. The Morgan fingerprint density at radius 1 is 1.12 bits per heavy atom. The van der Waals surface area contributed by atoms with Gasteiger partial charge in [-0.05, 0) is 54.2 Å². The topological polar surface area (TPSA) is 42.0 Å². The first-order valence-corrected chi connectivity index (χ1v) is 8.64. The van der Waals surface area contributed by atoms with Gasteiger partial charge < -0.3 is 19.6 Å². The summed E-state index contributed by atoms with van der Waals surface area (Å²) in [4.78, 5) is 3.34. The number of ether oxygens (including phenoxy) is 1. The average molecular weight is 333 g/mol. The molecule has 0 bridgehead atoms. The smallest absolute Gasteiger partial charge is 0.119 e. The Kier molecular flexibility index (Phi) is 4.20. The number of hydrogen-bond acceptors (Lipinski definition) is 2. The second kappa shape index (κ2) is 6.65. The lowest BCUT2D eigenvalue weighted by molar-refractivity contribution is 0.415. The molecule has 4 nitrogen and oxygen atoms in total. The van der Waals surface area contributed by atoms with Crippen molar-refractivity contribution in [1.29, 1.82) is 0 Å². The maximum absolute atomic E-state index is 5.34. The van der Waals surface area contributed by atoms with Gasteiger partial charge in [0.15, 0.2) is 0 Å². The number of nitrogens with zero attached hydrogens (tertiary/aromatic N) is 1. The van der Waals surface area contributed by atoms with Crippen LogP contribution < -0.4 is 10.1 Å². The third-order valence-electron chi connectivity index (χ3n) is 4.90. The van der Waals surface area contributed by atoms with Crippen LogP contribution in [0.3, 0.4) is 0 Å². The van der Waals surface area contributed by atoms with Gasteiger partial charge in [0, 0.05) is 41.9 Å². The summed E-state index contributed by atoms with van der Waals surface area (Å²) in [6.45, 7) is 1.81. The van der Waals surface area contributed by atoms with Crippen molar-refractivity contribution in [3.8, 4) is 5.75 Å². The molecular weight excluding hydrogens is 310 g/mol. The number of aromatic nitrogens is 2. The molecule has 0 atom stereocenters. The van der Waals surface area contributed by atoms with Gasteiger partial charge in [-0.15, -0.1) is 0 Å². The summed E-state index contributed by atoms with van der Waals surface area (Å²) in [7, 11) is 3.84. The molecule has 0 spiro atoms. The summed E-state index contributed by atoms with van der Waals surface area (Å²) >= 11 is 0. The fraction of sp³-hybridized carbons (Fsp3) is 0.238. The minimum Gasteiger partial charge on any atom is -0.497 e. The van der Waals surface area contributed by atoms with Crippen molar-refractivity contribution in [3.05, 3.63) is 66.0 Å².